The SMILES string of the molecule is COc1ccccc1NC(=O)CCC1CCCCC1. The number of nitrogens with one attached hydrogen (secondary N) is 1. The van der Waals surface area contributed by atoms with E-state index in [4.69, 9.17) is 4.74 Å². The molecule has 1 aromatic rings. The molecule has 1 aliphatic carbocycles. The van der Waals surface area contributed by atoms with Gasteiger partial charge in [-0.1, -0.05) is 44.2 Å². The molecule has 0 heterocycles. The van der Waals surface area contributed by atoms with E-state index in [0.717, 1.165) is 18.0 Å². The van der Waals surface area contributed by atoms with Crippen LogP contribution >= 0.6 is 0 Å². The molecule has 1 fully saturated rings. The average Bonchev–Trinajstić information content (AvgIpc) is 2.47. The highest BCUT2D eigenvalue weighted by Gasteiger charge is 2.15. The maximum Gasteiger partial charge on any atom is 0.224 e. The quantitative estimate of drug-likeness (QED) is 0.870. The fourth-order valence-electron chi connectivity index (χ4n) is 2.77. The highest BCUT2D eigenvalue weighted by molar-refractivity contribution is 5.92. The van der Waals surface area contributed by atoms with Gasteiger partial charge >= 0.3 is 0 Å². The predicted octanol–water partition coefficient (Wildman–Crippen LogP) is 3.99. The maximum atomic E-state index is 12.0. The van der Waals surface area contributed by atoms with Crippen LogP contribution in [-0.4, -0.2) is 13.0 Å². The van der Waals surface area contributed by atoms with Gasteiger partial charge in [-0.2, -0.15) is 0 Å². The predicted molar refractivity (Wildman–Crippen MR) is 77.4 cm³/mol. The van der Waals surface area contributed by atoms with E-state index in [1.165, 1.54) is 32.1 Å². The van der Waals surface area contributed by atoms with Crippen molar-refractivity contribution in [3.63, 3.8) is 0 Å². The summed E-state index contributed by atoms with van der Waals surface area (Å²) in [5.41, 5.74) is 0.763. The van der Waals surface area contributed by atoms with Crippen LogP contribution in [0.1, 0.15) is 44.9 Å². The van der Waals surface area contributed by atoms with Crippen molar-refractivity contribution in [3.05, 3.63) is 24.3 Å². The molecule has 0 saturated heterocycles. The summed E-state index contributed by atoms with van der Waals surface area (Å²) in [7, 11) is 1.62. The molecule has 3 heteroatoms. The van der Waals surface area contributed by atoms with E-state index >= 15 is 0 Å². The van der Waals surface area contributed by atoms with Crippen LogP contribution in [0.5, 0.6) is 5.75 Å². The lowest BCUT2D eigenvalue weighted by molar-refractivity contribution is -0.116. The van der Waals surface area contributed by atoms with E-state index in [1.54, 1.807) is 7.11 Å². The molecule has 104 valence electrons. The molecule has 1 aromatic carbocycles. The molecular formula is C16H23NO2. The Morgan fingerprint density at radius 3 is 2.74 bits per heavy atom. The van der Waals surface area contributed by atoms with E-state index in [2.05, 4.69) is 5.32 Å². The summed E-state index contributed by atoms with van der Waals surface area (Å²) in [6.07, 6.45) is 8.25. The van der Waals surface area contributed by atoms with Gasteiger partial charge in [0.25, 0.3) is 0 Å². The Kier molecular flexibility index (Phi) is 5.25. The Bertz CT molecular complexity index is 411. The molecule has 19 heavy (non-hydrogen) atoms. The topological polar surface area (TPSA) is 38.3 Å². The molecule has 0 aliphatic heterocycles. The Hall–Kier alpha value is -1.51. The van der Waals surface area contributed by atoms with Crippen molar-refractivity contribution in [3.8, 4) is 5.75 Å². The van der Waals surface area contributed by atoms with Crippen molar-refractivity contribution in [1.29, 1.82) is 0 Å². The number of carbonyl (C=O) groups is 1. The molecular weight excluding hydrogens is 238 g/mol. The first-order valence-corrected chi connectivity index (χ1v) is 7.22. The van der Waals surface area contributed by atoms with Crippen LogP contribution in [-0.2, 0) is 4.79 Å². The number of rotatable bonds is 5. The fraction of sp³-hybridized carbons (Fsp3) is 0.562. The van der Waals surface area contributed by atoms with Crippen molar-refractivity contribution in [1.82, 2.24) is 0 Å². The largest absolute Gasteiger partial charge is 0.495 e. The average molecular weight is 261 g/mol. The molecule has 2 rings (SSSR count). The summed E-state index contributed by atoms with van der Waals surface area (Å²) >= 11 is 0. The van der Waals surface area contributed by atoms with Gasteiger partial charge in [0.05, 0.1) is 12.8 Å². The minimum Gasteiger partial charge on any atom is -0.495 e. The maximum absolute atomic E-state index is 12.0. The number of benzene rings is 1. The van der Waals surface area contributed by atoms with E-state index in [9.17, 15) is 4.79 Å². The minimum absolute atomic E-state index is 0.0927. The number of carbonyl (C=O) groups excluding carboxylic acids is 1. The lowest BCUT2D eigenvalue weighted by Crippen LogP contribution is -2.15. The number of para-hydroxylation sites is 2. The van der Waals surface area contributed by atoms with Gasteiger partial charge in [-0.05, 0) is 24.5 Å². The molecule has 0 unspecified atom stereocenters. The van der Waals surface area contributed by atoms with E-state index in [1.807, 2.05) is 24.3 Å². The first-order valence-electron chi connectivity index (χ1n) is 7.22. The van der Waals surface area contributed by atoms with Crippen molar-refractivity contribution >= 4 is 11.6 Å². The summed E-state index contributed by atoms with van der Waals surface area (Å²) in [4.78, 5) is 12.0. The molecule has 1 saturated carbocycles. The Labute approximate surface area is 115 Å². The van der Waals surface area contributed by atoms with Gasteiger partial charge in [-0.25, -0.2) is 0 Å². The van der Waals surface area contributed by atoms with Gasteiger partial charge in [0.1, 0.15) is 5.75 Å². The first kappa shape index (κ1) is 13.9. The Morgan fingerprint density at radius 1 is 1.26 bits per heavy atom. The number of methoxy groups -OCH3 is 1. The van der Waals surface area contributed by atoms with Gasteiger partial charge in [0.15, 0.2) is 0 Å². The highest BCUT2D eigenvalue weighted by atomic mass is 16.5. The lowest BCUT2D eigenvalue weighted by atomic mass is 9.86. The molecule has 0 radical (unpaired) electrons. The zero-order valence-corrected chi connectivity index (χ0v) is 11.7. The molecule has 0 aromatic heterocycles. The normalized spacial score (nSPS) is 16.1. The number of hydrogen-bond acceptors (Lipinski definition) is 2. The molecule has 0 spiro atoms. The first-order chi connectivity index (χ1) is 9.29. The summed E-state index contributed by atoms with van der Waals surface area (Å²) in [6, 6.07) is 7.53. The number of anilines is 1. The summed E-state index contributed by atoms with van der Waals surface area (Å²) in [5.74, 6) is 1.56. The molecule has 1 aliphatic rings. The monoisotopic (exact) mass is 261 g/mol. The van der Waals surface area contributed by atoms with Crippen molar-refractivity contribution < 1.29 is 9.53 Å². The van der Waals surface area contributed by atoms with E-state index in [-0.39, 0.29) is 5.91 Å². The standard InChI is InChI=1S/C16H23NO2/c1-19-15-10-6-5-9-14(15)17-16(18)12-11-13-7-3-2-4-8-13/h5-6,9-10,13H,2-4,7-8,11-12H2,1H3,(H,17,18). The van der Waals surface area contributed by atoms with Crippen LogP contribution in [0.4, 0.5) is 5.69 Å². The summed E-state index contributed by atoms with van der Waals surface area (Å²) < 4.78 is 5.23. The second-order valence-corrected chi connectivity index (χ2v) is 5.29. The van der Waals surface area contributed by atoms with Crippen LogP contribution in [0, 0.1) is 5.92 Å². The van der Waals surface area contributed by atoms with Crippen molar-refractivity contribution in [2.45, 2.75) is 44.9 Å². The third kappa shape index (κ3) is 4.27. The third-order valence-electron chi connectivity index (χ3n) is 3.89. The molecule has 0 atom stereocenters. The Morgan fingerprint density at radius 2 is 2.00 bits per heavy atom. The second kappa shape index (κ2) is 7.17. The van der Waals surface area contributed by atoms with Gasteiger partial charge < -0.3 is 10.1 Å². The van der Waals surface area contributed by atoms with Gasteiger partial charge in [-0.3, -0.25) is 4.79 Å². The van der Waals surface area contributed by atoms with Crippen LogP contribution in [0.2, 0.25) is 0 Å². The van der Waals surface area contributed by atoms with Crippen LogP contribution < -0.4 is 10.1 Å². The molecule has 1 amide bonds. The van der Waals surface area contributed by atoms with Crippen molar-refractivity contribution in [2.24, 2.45) is 5.92 Å². The summed E-state index contributed by atoms with van der Waals surface area (Å²) in [6.45, 7) is 0. The smallest absolute Gasteiger partial charge is 0.224 e. The molecule has 0 bridgehead atoms. The summed E-state index contributed by atoms with van der Waals surface area (Å²) in [5, 5.41) is 2.94. The second-order valence-electron chi connectivity index (χ2n) is 5.29. The number of ether oxygens (including phenoxy) is 1. The minimum atomic E-state index is 0.0927. The van der Waals surface area contributed by atoms with Crippen LogP contribution in [0.25, 0.3) is 0 Å². The van der Waals surface area contributed by atoms with Crippen LogP contribution in [0.3, 0.4) is 0 Å². The van der Waals surface area contributed by atoms with E-state index < -0.39 is 0 Å². The number of amides is 1. The van der Waals surface area contributed by atoms with Gasteiger partial charge in [0.2, 0.25) is 5.91 Å². The zero-order valence-electron chi connectivity index (χ0n) is 11.7. The lowest BCUT2D eigenvalue weighted by Gasteiger charge is -2.21. The molecule has 3 nitrogen and oxygen atoms in total. The van der Waals surface area contributed by atoms with Gasteiger partial charge in [-0.15, -0.1) is 0 Å². The van der Waals surface area contributed by atoms with Crippen molar-refractivity contribution in [2.75, 3.05) is 12.4 Å². The molecule has 1 N–H and O–H groups in total. The Balaban J connectivity index is 1.80. The fourth-order valence-corrected chi connectivity index (χ4v) is 2.77. The number of hydrogen-bond donors (Lipinski definition) is 1. The van der Waals surface area contributed by atoms with Gasteiger partial charge in [0, 0.05) is 6.42 Å². The zero-order chi connectivity index (χ0) is 13.5. The highest BCUT2D eigenvalue weighted by Crippen LogP contribution is 2.28. The van der Waals surface area contributed by atoms with Crippen LogP contribution in [0.15, 0.2) is 24.3 Å². The van der Waals surface area contributed by atoms with E-state index in [0.29, 0.717) is 12.2 Å². The third-order valence-corrected chi connectivity index (χ3v) is 3.89.